The van der Waals surface area contributed by atoms with Gasteiger partial charge < -0.3 is 14.0 Å². The van der Waals surface area contributed by atoms with Crippen molar-refractivity contribution >= 4 is 16.9 Å². The Labute approximate surface area is 135 Å². The third-order valence-corrected chi connectivity index (χ3v) is 3.88. The summed E-state index contributed by atoms with van der Waals surface area (Å²) < 4.78 is 12.7. The molecule has 4 heteroatoms. The molecule has 0 saturated heterocycles. The Kier molecular flexibility index (Phi) is 4.33. The van der Waals surface area contributed by atoms with Gasteiger partial charge in [0.2, 0.25) is 0 Å². The van der Waals surface area contributed by atoms with Crippen LogP contribution in [0.3, 0.4) is 0 Å². The van der Waals surface area contributed by atoms with Gasteiger partial charge in [-0.2, -0.15) is 0 Å². The van der Waals surface area contributed by atoms with Crippen molar-refractivity contribution in [2.24, 2.45) is 0 Å². The number of para-hydroxylation sites is 2. The van der Waals surface area contributed by atoms with E-state index in [-0.39, 0.29) is 5.97 Å². The highest BCUT2D eigenvalue weighted by Crippen LogP contribution is 2.22. The lowest BCUT2D eigenvalue weighted by molar-refractivity contribution is 0.0602. The third-order valence-electron chi connectivity index (χ3n) is 3.88. The summed E-state index contributed by atoms with van der Waals surface area (Å²) in [6.45, 7) is 3.21. The van der Waals surface area contributed by atoms with E-state index >= 15 is 0 Å². The van der Waals surface area contributed by atoms with Crippen LogP contribution in [-0.4, -0.2) is 24.3 Å². The number of esters is 1. The van der Waals surface area contributed by atoms with Gasteiger partial charge in [-0.1, -0.05) is 36.4 Å². The first-order valence-electron chi connectivity index (χ1n) is 7.55. The number of aryl methyl sites for hydroxylation is 1. The maximum Gasteiger partial charge on any atom is 0.340 e. The fraction of sp³-hybridized carbons (Fsp3) is 0.211. The zero-order valence-electron chi connectivity index (χ0n) is 13.3. The fourth-order valence-electron chi connectivity index (χ4n) is 2.68. The summed E-state index contributed by atoms with van der Waals surface area (Å²) in [5.74, 6) is 0.567. The molecule has 0 amide bonds. The minimum absolute atomic E-state index is 0.320. The molecule has 1 aromatic heterocycles. The van der Waals surface area contributed by atoms with Crippen molar-refractivity contribution in [1.82, 2.24) is 4.57 Å². The molecule has 1 heterocycles. The summed E-state index contributed by atoms with van der Waals surface area (Å²) in [7, 11) is 1.40. The Balaban J connectivity index is 1.80. The van der Waals surface area contributed by atoms with Gasteiger partial charge in [-0.3, -0.25) is 0 Å². The monoisotopic (exact) mass is 309 g/mol. The number of fused-ring (bicyclic) bond motifs is 1. The minimum Gasteiger partial charge on any atom is -0.491 e. The van der Waals surface area contributed by atoms with E-state index in [9.17, 15) is 4.79 Å². The highest BCUT2D eigenvalue weighted by molar-refractivity contribution is 6.04. The van der Waals surface area contributed by atoms with E-state index in [0.29, 0.717) is 18.7 Å². The minimum atomic E-state index is -0.320. The summed E-state index contributed by atoms with van der Waals surface area (Å²) in [5.41, 5.74) is 2.69. The van der Waals surface area contributed by atoms with Crippen LogP contribution in [0.2, 0.25) is 0 Å². The molecule has 0 aliphatic carbocycles. The Hall–Kier alpha value is -2.75. The van der Waals surface area contributed by atoms with E-state index < -0.39 is 0 Å². The summed E-state index contributed by atoms with van der Waals surface area (Å²) >= 11 is 0. The molecule has 0 fully saturated rings. The topological polar surface area (TPSA) is 40.5 Å². The highest BCUT2D eigenvalue weighted by Gasteiger charge is 2.14. The van der Waals surface area contributed by atoms with Gasteiger partial charge in [0.25, 0.3) is 0 Å². The van der Waals surface area contributed by atoms with Crippen LogP contribution in [-0.2, 0) is 11.3 Å². The van der Waals surface area contributed by atoms with Crippen molar-refractivity contribution in [3.05, 3.63) is 65.9 Å². The summed E-state index contributed by atoms with van der Waals surface area (Å²) in [6, 6.07) is 15.7. The van der Waals surface area contributed by atoms with Crippen molar-refractivity contribution in [2.75, 3.05) is 13.7 Å². The van der Waals surface area contributed by atoms with Crippen LogP contribution in [0.5, 0.6) is 5.75 Å². The van der Waals surface area contributed by atoms with Crippen molar-refractivity contribution in [3.8, 4) is 5.75 Å². The second-order valence-corrected chi connectivity index (χ2v) is 5.36. The van der Waals surface area contributed by atoms with Gasteiger partial charge in [0.05, 0.1) is 19.2 Å². The first kappa shape index (κ1) is 15.2. The number of hydrogen-bond donors (Lipinski definition) is 0. The number of carbonyl (C=O) groups is 1. The Bertz CT molecular complexity index is 836. The van der Waals surface area contributed by atoms with Gasteiger partial charge >= 0.3 is 5.97 Å². The maximum atomic E-state index is 11.9. The Morgan fingerprint density at radius 3 is 2.61 bits per heavy atom. The average molecular weight is 309 g/mol. The van der Waals surface area contributed by atoms with E-state index in [1.54, 1.807) is 0 Å². The van der Waals surface area contributed by atoms with Crippen LogP contribution in [0.4, 0.5) is 0 Å². The van der Waals surface area contributed by atoms with Crippen molar-refractivity contribution in [2.45, 2.75) is 13.5 Å². The number of carbonyl (C=O) groups excluding carboxylic acids is 1. The number of hydrogen-bond acceptors (Lipinski definition) is 3. The molecule has 0 saturated carbocycles. The molecule has 118 valence electrons. The first-order chi connectivity index (χ1) is 11.2. The Morgan fingerprint density at radius 2 is 1.83 bits per heavy atom. The van der Waals surface area contributed by atoms with Gasteiger partial charge in [0, 0.05) is 17.1 Å². The van der Waals surface area contributed by atoms with Gasteiger partial charge in [-0.05, 0) is 24.6 Å². The smallest absolute Gasteiger partial charge is 0.340 e. The second kappa shape index (κ2) is 6.57. The quantitative estimate of drug-likeness (QED) is 0.673. The van der Waals surface area contributed by atoms with Crippen LogP contribution in [0.25, 0.3) is 10.9 Å². The molecule has 0 N–H and O–H groups in total. The average Bonchev–Trinajstić information content (AvgIpc) is 2.95. The molecule has 3 aromatic rings. The van der Waals surface area contributed by atoms with Crippen LogP contribution < -0.4 is 4.74 Å². The van der Waals surface area contributed by atoms with Gasteiger partial charge in [-0.15, -0.1) is 0 Å². The van der Waals surface area contributed by atoms with Crippen LogP contribution in [0.15, 0.2) is 54.7 Å². The van der Waals surface area contributed by atoms with E-state index in [2.05, 4.69) is 0 Å². The first-order valence-corrected chi connectivity index (χ1v) is 7.55. The van der Waals surface area contributed by atoms with Crippen molar-refractivity contribution in [3.63, 3.8) is 0 Å². The van der Waals surface area contributed by atoms with Crippen LogP contribution >= 0.6 is 0 Å². The normalized spacial score (nSPS) is 10.7. The zero-order chi connectivity index (χ0) is 16.2. The lowest BCUT2D eigenvalue weighted by atomic mass is 10.2. The molecule has 0 aliphatic rings. The zero-order valence-corrected chi connectivity index (χ0v) is 13.3. The predicted octanol–water partition coefficient (Wildman–Crippen LogP) is 3.82. The molecule has 3 rings (SSSR count). The van der Waals surface area contributed by atoms with Crippen molar-refractivity contribution in [1.29, 1.82) is 0 Å². The highest BCUT2D eigenvalue weighted by atomic mass is 16.5. The Morgan fingerprint density at radius 1 is 1.09 bits per heavy atom. The fourth-order valence-corrected chi connectivity index (χ4v) is 2.68. The summed E-state index contributed by atoms with van der Waals surface area (Å²) in [6.07, 6.45) is 1.83. The standard InChI is InChI=1S/C19H19NO3/c1-14-7-3-6-10-18(14)23-12-11-20-13-16(19(21)22-2)15-8-4-5-9-17(15)20/h3-10,13H,11-12H2,1-2H3. The van der Waals surface area contributed by atoms with E-state index in [4.69, 9.17) is 9.47 Å². The van der Waals surface area contributed by atoms with Crippen LogP contribution in [0, 0.1) is 6.92 Å². The molecular weight excluding hydrogens is 290 g/mol. The van der Waals surface area contributed by atoms with Crippen LogP contribution in [0.1, 0.15) is 15.9 Å². The molecule has 0 bridgehead atoms. The lowest BCUT2D eigenvalue weighted by Crippen LogP contribution is -2.08. The summed E-state index contributed by atoms with van der Waals surface area (Å²) in [4.78, 5) is 11.9. The lowest BCUT2D eigenvalue weighted by Gasteiger charge is -2.10. The van der Waals surface area contributed by atoms with Gasteiger partial charge in [0.1, 0.15) is 12.4 Å². The molecule has 0 aliphatic heterocycles. The van der Waals surface area contributed by atoms with Crippen molar-refractivity contribution < 1.29 is 14.3 Å². The van der Waals surface area contributed by atoms with Gasteiger partial charge in [0.15, 0.2) is 0 Å². The number of rotatable bonds is 5. The number of aromatic nitrogens is 1. The molecule has 23 heavy (non-hydrogen) atoms. The maximum absolute atomic E-state index is 11.9. The molecule has 0 spiro atoms. The number of methoxy groups -OCH3 is 1. The molecule has 0 radical (unpaired) electrons. The second-order valence-electron chi connectivity index (χ2n) is 5.36. The van der Waals surface area contributed by atoms with E-state index in [1.165, 1.54) is 7.11 Å². The number of benzene rings is 2. The molecule has 0 atom stereocenters. The molecule has 2 aromatic carbocycles. The summed E-state index contributed by atoms with van der Waals surface area (Å²) in [5, 5.41) is 0.898. The SMILES string of the molecule is COC(=O)c1cn(CCOc2ccccc2C)c2ccccc12. The largest absolute Gasteiger partial charge is 0.491 e. The van der Waals surface area contributed by atoms with E-state index in [1.807, 2.05) is 66.2 Å². The van der Waals surface area contributed by atoms with Gasteiger partial charge in [-0.25, -0.2) is 4.79 Å². The molecule has 4 nitrogen and oxygen atoms in total. The number of ether oxygens (including phenoxy) is 2. The third kappa shape index (κ3) is 3.06. The number of nitrogens with zero attached hydrogens (tertiary/aromatic N) is 1. The van der Waals surface area contributed by atoms with E-state index in [0.717, 1.165) is 22.2 Å². The molecular formula is C19H19NO3. The predicted molar refractivity (Wildman–Crippen MR) is 90.0 cm³/mol. The molecule has 0 unspecified atom stereocenters.